The van der Waals surface area contributed by atoms with Gasteiger partial charge in [-0.3, -0.25) is 0 Å². The minimum atomic E-state index is 0.924. The Morgan fingerprint density at radius 1 is 0.773 bits per heavy atom. The molecule has 6 heteroatoms. The predicted octanol–water partition coefficient (Wildman–Crippen LogP) is 5.32. The fraction of sp³-hybridized carbons (Fsp3) is 0.250. The van der Waals surface area contributed by atoms with Crippen LogP contribution < -0.4 is 10.6 Å². The molecular weight excluding hydrogens is 312 g/mol. The molecule has 2 heterocycles. The largest absolute Gasteiger partial charge is 0.331 e. The van der Waals surface area contributed by atoms with Crippen LogP contribution in [0.25, 0.3) is 0 Å². The molecule has 0 aliphatic carbocycles. The molecule has 0 radical (unpaired) electrons. The summed E-state index contributed by atoms with van der Waals surface area (Å²) in [5.41, 5.74) is 4.19. The van der Waals surface area contributed by atoms with E-state index in [1.807, 2.05) is 32.0 Å². The summed E-state index contributed by atoms with van der Waals surface area (Å²) in [5.74, 6) is 0. The van der Waals surface area contributed by atoms with Gasteiger partial charge in [0.1, 0.15) is 0 Å². The fourth-order valence-corrected chi connectivity index (χ4v) is 3.64. The minimum Gasteiger partial charge on any atom is -0.331 e. The maximum Gasteiger partial charge on any atom is 0.187 e. The number of aryl methyl sites for hydroxylation is 4. The van der Waals surface area contributed by atoms with Gasteiger partial charge >= 0.3 is 0 Å². The fourth-order valence-electron chi connectivity index (χ4n) is 1.97. The van der Waals surface area contributed by atoms with E-state index in [0.717, 1.165) is 33.0 Å². The molecule has 0 fully saturated rings. The first-order chi connectivity index (χ1) is 10.5. The SMILES string of the molecule is Cc1nc(Nc2cccc(Nc3nc(C)c(C)s3)c2)sc1C. The summed E-state index contributed by atoms with van der Waals surface area (Å²) >= 11 is 3.34. The molecule has 2 N–H and O–H groups in total. The molecule has 2 aromatic heterocycles. The number of thiazole rings is 2. The third-order valence-electron chi connectivity index (χ3n) is 3.42. The van der Waals surface area contributed by atoms with Gasteiger partial charge < -0.3 is 10.6 Å². The van der Waals surface area contributed by atoms with E-state index in [1.165, 1.54) is 9.75 Å². The highest BCUT2D eigenvalue weighted by Gasteiger charge is 2.06. The van der Waals surface area contributed by atoms with Gasteiger partial charge in [0, 0.05) is 21.1 Å². The van der Waals surface area contributed by atoms with Crippen molar-refractivity contribution in [1.29, 1.82) is 0 Å². The summed E-state index contributed by atoms with van der Waals surface area (Å²) in [6.45, 7) is 8.23. The monoisotopic (exact) mass is 330 g/mol. The lowest BCUT2D eigenvalue weighted by Crippen LogP contribution is -1.93. The number of benzene rings is 1. The van der Waals surface area contributed by atoms with E-state index < -0.39 is 0 Å². The van der Waals surface area contributed by atoms with Crippen molar-refractivity contribution >= 4 is 44.3 Å². The molecule has 0 unspecified atom stereocenters. The lowest BCUT2D eigenvalue weighted by Gasteiger charge is -2.06. The van der Waals surface area contributed by atoms with Gasteiger partial charge in [0.2, 0.25) is 0 Å². The topological polar surface area (TPSA) is 49.8 Å². The molecule has 1 aromatic carbocycles. The van der Waals surface area contributed by atoms with Gasteiger partial charge in [-0.15, -0.1) is 22.7 Å². The lowest BCUT2D eigenvalue weighted by molar-refractivity contribution is 1.22. The van der Waals surface area contributed by atoms with Gasteiger partial charge in [-0.05, 0) is 45.9 Å². The number of anilines is 4. The van der Waals surface area contributed by atoms with Gasteiger partial charge in [-0.1, -0.05) is 6.07 Å². The first-order valence-corrected chi connectivity index (χ1v) is 8.67. The number of hydrogen-bond acceptors (Lipinski definition) is 6. The maximum absolute atomic E-state index is 4.51. The molecule has 0 spiro atoms. The average molecular weight is 330 g/mol. The van der Waals surface area contributed by atoms with Crippen LogP contribution in [0, 0.1) is 27.7 Å². The van der Waals surface area contributed by atoms with E-state index >= 15 is 0 Å². The number of nitrogens with zero attached hydrogens (tertiary/aromatic N) is 2. The van der Waals surface area contributed by atoms with E-state index in [1.54, 1.807) is 22.7 Å². The Morgan fingerprint density at radius 3 is 1.59 bits per heavy atom. The molecule has 4 nitrogen and oxygen atoms in total. The quantitative estimate of drug-likeness (QED) is 0.679. The summed E-state index contributed by atoms with van der Waals surface area (Å²) in [7, 11) is 0. The first kappa shape index (κ1) is 15.0. The molecule has 3 aromatic rings. The molecule has 22 heavy (non-hydrogen) atoms. The zero-order valence-electron chi connectivity index (χ0n) is 13.0. The minimum absolute atomic E-state index is 0.924. The van der Waals surface area contributed by atoms with Gasteiger partial charge in [0.05, 0.1) is 11.4 Å². The zero-order valence-corrected chi connectivity index (χ0v) is 14.7. The van der Waals surface area contributed by atoms with E-state index in [0.29, 0.717) is 0 Å². The van der Waals surface area contributed by atoms with Crippen molar-refractivity contribution in [2.24, 2.45) is 0 Å². The molecule has 114 valence electrons. The van der Waals surface area contributed by atoms with Gasteiger partial charge in [0.15, 0.2) is 10.3 Å². The van der Waals surface area contributed by atoms with Crippen LogP contribution in [0.1, 0.15) is 21.1 Å². The third-order valence-corrected chi connectivity index (χ3v) is 5.40. The maximum atomic E-state index is 4.51. The van der Waals surface area contributed by atoms with Crippen LogP contribution in [-0.4, -0.2) is 9.97 Å². The normalized spacial score (nSPS) is 10.7. The van der Waals surface area contributed by atoms with Crippen LogP contribution in [0.15, 0.2) is 24.3 Å². The third kappa shape index (κ3) is 3.28. The Balaban J connectivity index is 1.77. The lowest BCUT2D eigenvalue weighted by atomic mass is 10.3. The van der Waals surface area contributed by atoms with E-state index in [-0.39, 0.29) is 0 Å². The molecular formula is C16H18N4S2. The molecule has 3 rings (SSSR count). The summed E-state index contributed by atoms with van der Waals surface area (Å²) < 4.78 is 0. The van der Waals surface area contributed by atoms with E-state index in [9.17, 15) is 0 Å². The molecule has 0 amide bonds. The summed E-state index contributed by atoms with van der Waals surface area (Å²) in [5, 5.41) is 8.57. The highest BCUT2D eigenvalue weighted by atomic mass is 32.1. The van der Waals surface area contributed by atoms with E-state index in [2.05, 4.69) is 40.5 Å². The van der Waals surface area contributed by atoms with Crippen LogP contribution in [0.5, 0.6) is 0 Å². The molecule has 0 bridgehead atoms. The Morgan fingerprint density at radius 2 is 1.23 bits per heavy atom. The second kappa shape index (κ2) is 6.06. The molecule has 0 aliphatic heterocycles. The number of aromatic nitrogens is 2. The molecule has 0 atom stereocenters. The highest BCUT2D eigenvalue weighted by Crippen LogP contribution is 2.28. The van der Waals surface area contributed by atoms with Gasteiger partial charge in [-0.25, -0.2) is 9.97 Å². The van der Waals surface area contributed by atoms with Gasteiger partial charge in [0.25, 0.3) is 0 Å². The predicted molar refractivity (Wildman–Crippen MR) is 96.2 cm³/mol. The van der Waals surface area contributed by atoms with Crippen LogP contribution in [0.2, 0.25) is 0 Å². The first-order valence-electron chi connectivity index (χ1n) is 7.03. The van der Waals surface area contributed by atoms with Crippen LogP contribution in [0.3, 0.4) is 0 Å². The van der Waals surface area contributed by atoms with Crippen LogP contribution in [0.4, 0.5) is 21.6 Å². The standard InChI is InChI=1S/C16H18N4S2/c1-9-11(3)21-15(17-9)19-13-6-5-7-14(8-13)20-16-18-10(2)12(4)22-16/h5-8H,1-4H3,(H,17,19)(H,18,20). The van der Waals surface area contributed by atoms with Crippen molar-refractivity contribution < 1.29 is 0 Å². The summed E-state index contributed by atoms with van der Waals surface area (Å²) in [6, 6.07) is 8.16. The van der Waals surface area contributed by atoms with Gasteiger partial charge in [-0.2, -0.15) is 0 Å². The second-order valence-electron chi connectivity index (χ2n) is 5.15. The molecule has 0 saturated carbocycles. The number of hydrogen-bond donors (Lipinski definition) is 2. The van der Waals surface area contributed by atoms with Crippen molar-refractivity contribution in [3.05, 3.63) is 45.4 Å². The second-order valence-corrected chi connectivity index (χ2v) is 7.56. The Bertz CT molecular complexity index is 702. The number of rotatable bonds is 4. The number of nitrogens with one attached hydrogen (secondary N) is 2. The summed E-state index contributed by atoms with van der Waals surface area (Å²) in [4.78, 5) is 11.5. The zero-order chi connectivity index (χ0) is 15.7. The molecule has 0 saturated heterocycles. The van der Waals surface area contributed by atoms with Crippen molar-refractivity contribution in [2.45, 2.75) is 27.7 Å². The van der Waals surface area contributed by atoms with Crippen molar-refractivity contribution in [3.8, 4) is 0 Å². The Hall–Kier alpha value is -1.92. The average Bonchev–Trinajstić information content (AvgIpc) is 2.93. The van der Waals surface area contributed by atoms with Crippen molar-refractivity contribution in [2.75, 3.05) is 10.6 Å². The van der Waals surface area contributed by atoms with Crippen molar-refractivity contribution in [3.63, 3.8) is 0 Å². The Kier molecular flexibility index (Phi) is 4.13. The Labute approximate surface area is 138 Å². The van der Waals surface area contributed by atoms with Crippen LogP contribution in [-0.2, 0) is 0 Å². The van der Waals surface area contributed by atoms with E-state index in [4.69, 9.17) is 0 Å². The summed E-state index contributed by atoms with van der Waals surface area (Å²) in [6.07, 6.45) is 0. The smallest absolute Gasteiger partial charge is 0.187 e. The highest BCUT2D eigenvalue weighted by molar-refractivity contribution is 7.16. The van der Waals surface area contributed by atoms with Crippen molar-refractivity contribution in [1.82, 2.24) is 9.97 Å². The van der Waals surface area contributed by atoms with Crippen LogP contribution >= 0.6 is 22.7 Å². The molecule has 0 aliphatic rings.